The van der Waals surface area contributed by atoms with E-state index in [4.69, 9.17) is 4.74 Å². The fraction of sp³-hybridized carbons (Fsp3) is 0.400. The summed E-state index contributed by atoms with van der Waals surface area (Å²) in [5.74, 6) is 1.04. The van der Waals surface area contributed by atoms with Gasteiger partial charge in [0.25, 0.3) is 5.91 Å². The van der Waals surface area contributed by atoms with Crippen LogP contribution < -0.4 is 4.74 Å². The highest BCUT2D eigenvalue weighted by Crippen LogP contribution is 2.22. The number of nitrogens with one attached hydrogen (secondary N) is 1. The number of amides is 2. The van der Waals surface area contributed by atoms with Crippen LogP contribution >= 0.6 is 0 Å². The molecule has 1 N–H and O–H groups in total. The van der Waals surface area contributed by atoms with E-state index in [0.717, 1.165) is 34.3 Å². The Hall–Kier alpha value is -3.35. The van der Waals surface area contributed by atoms with Crippen molar-refractivity contribution in [1.82, 2.24) is 19.8 Å². The Morgan fingerprint density at radius 2 is 1.78 bits per heavy atom. The van der Waals surface area contributed by atoms with Crippen molar-refractivity contribution in [1.29, 1.82) is 0 Å². The van der Waals surface area contributed by atoms with Gasteiger partial charge in [0.1, 0.15) is 5.75 Å². The Bertz CT molecular complexity index is 1090. The molecule has 1 saturated heterocycles. The van der Waals surface area contributed by atoms with Crippen molar-refractivity contribution in [2.24, 2.45) is 0 Å². The SMILES string of the molecule is Cc1cccc(C)c1OCCCC(=O)N1CCCN(C(=O)c2ccc3nc[nH]c3c2)CC1. The lowest BCUT2D eigenvalue weighted by molar-refractivity contribution is -0.131. The predicted molar refractivity (Wildman–Crippen MR) is 124 cm³/mol. The van der Waals surface area contributed by atoms with Gasteiger partial charge in [0.2, 0.25) is 5.91 Å². The van der Waals surface area contributed by atoms with E-state index in [9.17, 15) is 9.59 Å². The lowest BCUT2D eigenvalue weighted by Crippen LogP contribution is -2.37. The van der Waals surface area contributed by atoms with Crippen LogP contribution in [-0.4, -0.2) is 64.4 Å². The summed E-state index contributed by atoms with van der Waals surface area (Å²) in [4.78, 5) is 36.7. The van der Waals surface area contributed by atoms with Crippen molar-refractivity contribution >= 4 is 22.8 Å². The molecule has 7 heteroatoms. The van der Waals surface area contributed by atoms with E-state index in [1.165, 1.54) is 0 Å². The Morgan fingerprint density at radius 1 is 1.03 bits per heavy atom. The summed E-state index contributed by atoms with van der Waals surface area (Å²) in [5, 5.41) is 0. The first-order chi connectivity index (χ1) is 15.5. The number of nitrogens with zero attached hydrogens (tertiary/aromatic N) is 3. The maximum Gasteiger partial charge on any atom is 0.253 e. The molecule has 7 nitrogen and oxygen atoms in total. The van der Waals surface area contributed by atoms with Crippen LogP contribution in [0.2, 0.25) is 0 Å². The number of imidazole rings is 1. The molecule has 1 aromatic heterocycles. The van der Waals surface area contributed by atoms with Crippen molar-refractivity contribution < 1.29 is 14.3 Å². The number of aromatic nitrogens is 2. The number of carbonyl (C=O) groups excluding carboxylic acids is 2. The van der Waals surface area contributed by atoms with Crippen LogP contribution in [0.25, 0.3) is 11.0 Å². The van der Waals surface area contributed by atoms with Gasteiger partial charge in [-0.15, -0.1) is 0 Å². The first kappa shape index (κ1) is 21.9. The van der Waals surface area contributed by atoms with Crippen LogP contribution in [-0.2, 0) is 4.79 Å². The third-order valence-electron chi connectivity index (χ3n) is 5.99. The van der Waals surface area contributed by atoms with Gasteiger partial charge < -0.3 is 19.5 Å². The van der Waals surface area contributed by atoms with E-state index < -0.39 is 0 Å². The highest BCUT2D eigenvalue weighted by molar-refractivity contribution is 5.97. The second kappa shape index (κ2) is 9.85. The number of aromatic amines is 1. The molecule has 168 valence electrons. The summed E-state index contributed by atoms with van der Waals surface area (Å²) >= 11 is 0. The normalized spacial score (nSPS) is 14.4. The summed E-state index contributed by atoms with van der Waals surface area (Å²) < 4.78 is 5.92. The van der Waals surface area contributed by atoms with Gasteiger partial charge in [-0.05, 0) is 56.0 Å². The summed E-state index contributed by atoms with van der Waals surface area (Å²) in [6, 6.07) is 11.6. The topological polar surface area (TPSA) is 78.5 Å². The Balaban J connectivity index is 1.26. The molecule has 1 fully saturated rings. The number of hydrogen-bond acceptors (Lipinski definition) is 4. The van der Waals surface area contributed by atoms with Gasteiger partial charge in [-0.25, -0.2) is 4.98 Å². The van der Waals surface area contributed by atoms with Crippen molar-refractivity contribution in [3.63, 3.8) is 0 Å². The number of aryl methyl sites for hydroxylation is 2. The quantitative estimate of drug-likeness (QED) is 0.600. The van der Waals surface area contributed by atoms with Gasteiger partial charge in [-0.2, -0.15) is 0 Å². The first-order valence-corrected chi connectivity index (χ1v) is 11.2. The zero-order chi connectivity index (χ0) is 22.5. The van der Waals surface area contributed by atoms with Gasteiger partial charge in [0, 0.05) is 38.2 Å². The van der Waals surface area contributed by atoms with Crippen LogP contribution in [0.3, 0.4) is 0 Å². The molecule has 3 aromatic rings. The zero-order valence-corrected chi connectivity index (χ0v) is 18.8. The maximum absolute atomic E-state index is 13.0. The molecule has 0 unspecified atom stereocenters. The zero-order valence-electron chi connectivity index (χ0n) is 18.8. The predicted octanol–water partition coefficient (Wildman–Crippen LogP) is 3.71. The molecule has 0 radical (unpaired) electrons. The second-order valence-electron chi connectivity index (χ2n) is 8.33. The standard InChI is InChI=1S/C25H30N4O3/c1-18-6-3-7-19(2)24(18)32-15-4-8-23(30)28-11-5-12-29(14-13-28)25(31)20-9-10-21-22(16-20)27-17-26-21/h3,6-7,9-10,16-17H,4-5,8,11-15H2,1-2H3,(H,26,27). The number of carbonyl (C=O) groups is 2. The number of rotatable bonds is 6. The van der Waals surface area contributed by atoms with E-state index in [-0.39, 0.29) is 11.8 Å². The molecule has 32 heavy (non-hydrogen) atoms. The van der Waals surface area contributed by atoms with Crippen molar-refractivity contribution in [3.05, 3.63) is 59.4 Å². The molecule has 2 amide bonds. The number of hydrogen-bond donors (Lipinski definition) is 1. The van der Waals surface area contributed by atoms with E-state index in [1.54, 1.807) is 6.33 Å². The minimum absolute atomic E-state index is 0.00204. The number of benzene rings is 2. The second-order valence-corrected chi connectivity index (χ2v) is 8.33. The summed E-state index contributed by atoms with van der Waals surface area (Å²) in [7, 11) is 0. The molecule has 0 saturated carbocycles. The summed E-state index contributed by atoms with van der Waals surface area (Å²) in [5.41, 5.74) is 4.56. The molecule has 1 aliphatic rings. The highest BCUT2D eigenvalue weighted by atomic mass is 16.5. The third-order valence-corrected chi connectivity index (χ3v) is 5.99. The van der Waals surface area contributed by atoms with Crippen LogP contribution in [0.15, 0.2) is 42.7 Å². The van der Waals surface area contributed by atoms with Crippen LogP contribution in [0, 0.1) is 13.8 Å². The van der Waals surface area contributed by atoms with Gasteiger partial charge >= 0.3 is 0 Å². The molecule has 2 aromatic carbocycles. The number of para-hydroxylation sites is 1. The van der Waals surface area contributed by atoms with E-state index in [1.807, 2.05) is 60.0 Å². The fourth-order valence-electron chi connectivity index (χ4n) is 4.20. The third kappa shape index (κ3) is 4.93. The minimum Gasteiger partial charge on any atom is -0.493 e. The summed E-state index contributed by atoms with van der Waals surface area (Å²) in [6.07, 6.45) is 3.54. The summed E-state index contributed by atoms with van der Waals surface area (Å²) in [6.45, 7) is 7.03. The van der Waals surface area contributed by atoms with Crippen molar-refractivity contribution in [2.75, 3.05) is 32.8 Å². The number of ether oxygens (including phenoxy) is 1. The number of fused-ring (bicyclic) bond motifs is 1. The molecule has 0 aliphatic carbocycles. The van der Waals surface area contributed by atoms with Gasteiger partial charge in [0.05, 0.1) is 24.0 Å². The maximum atomic E-state index is 13.0. The van der Waals surface area contributed by atoms with E-state index in [0.29, 0.717) is 51.2 Å². The van der Waals surface area contributed by atoms with Gasteiger partial charge in [0.15, 0.2) is 0 Å². The van der Waals surface area contributed by atoms with Crippen LogP contribution in [0.4, 0.5) is 0 Å². The molecule has 2 heterocycles. The molecule has 1 aliphatic heterocycles. The minimum atomic E-state index is -0.00204. The average Bonchev–Trinajstić information content (AvgIpc) is 3.12. The first-order valence-electron chi connectivity index (χ1n) is 11.2. The lowest BCUT2D eigenvalue weighted by Gasteiger charge is -2.22. The van der Waals surface area contributed by atoms with Gasteiger partial charge in [-0.3, -0.25) is 9.59 Å². The van der Waals surface area contributed by atoms with Crippen molar-refractivity contribution in [2.45, 2.75) is 33.1 Å². The van der Waals surface area contributed by atoms with Crippen LogP contribution in [0.1, 0.15) is 40.7 Å². The Labute approximate surface area is 188 Å². The Kier molecular flexibility index (Phi) is 6.73. The van der Waals surface area contributed by atoms with Gasteiger partial charge in [-0.1, -0.05) is 18.2 Å². The largest absolute Gasteiger partial charge is 0.493 e. The molecule has 0 spiro atoms. The Morgan fingerprint density at radius 3 is 2.59 bits per heavy atom. The highest BCUT2D eigenvalue weighted by Gasteiger charge is 2.23. The smallest absolute Gasteiger partial charge is 0.253 e. The molecule has 0 atom stereocenters. The lowest BCUT2D eigenvalue weighted by atomic mass is 10.1. The van der Waals surface area contributed by atoms with Crippen molar-refractivity contribution in [3.8, 4) is 5.75 Å². The monoisotopic (exact) mass is 434 g/mol. The molecule has 0 bridgehead atoms. The molecular formula is C25H30N4O3. The fourth-order valence-corrected chi connectivity index (χ4v) is 4.20. The van der Waals surface area contributed by atoms with E-state index in [2.05, 4.69) is 9.97 Å². The number of H-pyrrole nitrogens is 1. The van der Waals surface area contributed by atoms with Crippen LogP contribution in [0.5, 0.6) is 5.75 Å². The molecule has 4 rings (SSSR count). The van der Waals surface area contributed by atoms with E-state index >= 15 is 0 Å². The molecular weight excluding hydrogens is 404 g/mol. The average molecular weight is 435 g/mol.